The van der Waals surface area contributed by atoms with E-state index in [2.05, 4.69) is 32.9 Å². The molecule has 0 spiro atoms. The Kier molecular flexibility index (Phi) is 12.6. The molecule has 0 unspecified atom stereocenters. The van der Waals surface area contributed by atoms with E-state index in [0.29, 0.717) is 39.6 Å². The normalized spacial score (nSPS) is 27.6. The molecule has 152 valence electrons. The molecule has 1 saturated heterocycles. The van der Waals surface area contributed by atoms with Crippen molar-refractivity contribution in [3.8, 4) is 0 Å². The Morgan fingerprint density at radius 1 is 0.593 bits per heavy atom. The Morgan fingerprint density at radius 3 is 1.63 bits per heavy atom. The zero-order chi connectivity index (χ0) is 19.9. The van der Waals surface area contributed by atoms with E-state index in [4.69, 9.17) is 28.4 Å². The van der Waals surface area contributed by atoms with E-state index < -0.39 is 30.7 Å². The molecule has 0 amide bonds. The number of hydrogen-bond acceptors (Lipinski definition) is 6. The van der Waals surface area contributed by atoms with E-state index in [0.717, 1.165) is 0 Å². The van der Waals surface area contributed by atoms with Crippen LogP contribution < -0.4 is 0 Å². The second kappa shape index (κ2) is 14.5. The van der Waals surface area contributed by atoms with Gasteiger partial charge in [-0.15, -0.1) is 32.9 Å². The predicted octanol–water partition coefficient (Wildman–Crippen LogP) is 2.83. The molecule has 1 fully saturated rings. The van der Waals surface area contributed by atoms with Crippen molar-refractivity contribution in [3.63, 3.8) is 0 Å². The Bertz CT molecular complexity index is 464. The summed E-state index contributed by atoms with van der Waals surface area (Å²) in [5, 5.41) is 0. The molecule has 6 nitrogen and oxygen atoms in total. The van der Waals surface area contributed by atoms with Crippen molar-refractivity contribution in [2.24, 2.45) is 0 Å². The van der Waals surface area contributed by atoms with Crippen LogP contribution in [0.1, 0.15) is 0 Å². The average molecular weight is 380 g/mol. The van der Waals surface area contributed by atoms with Gasteiger partial charge in [-0.2, -0.15) is 0 Å². The summed E-state index contributed by atoms with van der Waals surface area (Å²) in [5.74, 6) is 0. The Hall–Kier alpha value is -1.54. The highest BCUT2D eigenvalue weighted by atomic mass is 16.7. The number of ether oxygens (including phenoxy) is 6. The lowest BCUT2D eigenvalue weighted by atomic mass is 9.98. The Labute approximate surface area is 162 Å². The summed E-state index contributed by atoms with van der Waals surface area (Å²) < 4.78 is 35.4. The molecule has 0 aromatic heterocycles. The molecular formula is C21H32O6. The fourth-order valence-electron chi connectivity index (χ4n) is 2.68. The van der Waals surface area contributed by atoms with E-state index in [1.807, 2.05) is 0 Å². The van der Waals surface area contributed by atoms with Crippen molar-refractivity contribution in [2.45, 2.75) is 30.7 Å². The maximum Gasteiger partial charge on any atom is 0.187 e. The minimum Gasteiger partial charge on any atom is -0.375 e. The molecule has 1 rings (SSSR count). The first-order valence-corrected chi connectivity index (χ1v) is 8.97. The summed E-state index contributed by atoms with van der Waals surface area (Å²) in [6.45, 7) is 20.5. The van der Waals surface area contributed by atoms with Gasteiger partial charge in [-0.3, -0.25) is 0 Å². The molecule has 6 heteroatoms. The summed E-state index contributed by atoms with van der Waals surface area (Å²) in [6.07, 6.45) is 5.83. The summed E-state index contributed by atoms with van der Waals surface area (Å²) in [5.41, 5.74) is 0. The highest BCUT2D eigenvalue weighted by Gasteiger charge is 2.48. The molecule has 1 heterocycles. The fraction of sp³-hybridized carbons (Fsp3) is 0.524. The zero-order valence-electron chi connectivity index (χ0n) is 16.0. The van der Waals surface area contributed by atoms with Gasteiger partial charge >= 0.3 is 0 Å². The van der Waals surface area contributed by atoms with Gasteiger partial charge in [0.1, 0.15) is 24.4 Å². The average Bonchev–Trinajstić information content (AvgIpc) is 2.68. The third-order valence-electron chi connectivity index (χ3n) is 3.71. The standard InChI is InChI=1S/C21H32O6/c1-6-11-22-16-17-18(23-12-7-2)19(24-13-8-3)20(25-14-9-4)21(27-17)26-15-10-5/h6-10,17-21H,1-5,11-16H2/t17-,18-,19+,20-,21+/m1/s1. The first-order valence-electron chi connectivity index (χ1n) is 8.97. The Morgan fingerprint density at radius 2 is 1.07 bits per heavy atom. The third-order valence-corrected chi connectivity index (χ3v) is 3.71. The van der Waals surface area contributed by atoms with Crippen LogP contribution in [0.3, 0.4) is 0 Å². The van der Waals surface area contributed by atoms with Gasteiger partial charge in [-0.1, -0.05) is 30.4 Å². The van der Waals surface area contributed by atoms with E-state index in [-0.39, 0.29) is 0 Å². The summed E-state index contributed by atoms with van der Waals surface area (Å²) >= 11 is 0. The predicted molar refractivity (Wildman–Crippen MR) is 106 cm³/mol. The molecule has 0 radical (unpaired) electrons. The van der Waals surface area contributed by atoms with Crippen LogP contribution in [-0.4, -0.2) is 70.3 Å². The van der Waals surface area contributed by atoms with Gasteiger partial charge in [0, 0.05) is 0 Å². The molecule has 27 heavy (non-hydrogen) atoms. The van der Waals surface area contributed by atoms with E-state index in [1.165, 1.54) is 0 Å². The van der Waals surface area contributed by atoms with Crippen LogP contribution in [0.2, 0.25) is 0 Å². The van der Waals surface area contributed by atoms with Crippen LogP contribution in [-0.2, 0) is 28.4 Å². The number of rotatable bonds is 16. The first-order chi connectivity index (χ1) is 13.2. The lowest BCUT2D eigenvalue weighted by Crippen LogP contribution is -2.62. The highest BCUT2D eigenvalue weighted by Crippen LogP contribution is 2.29. The van der Waals surface area contributed by atoms with Crippen LogP contribution >= 0.6 is 0 Å². The lowest BCUT2D eigenvalue weighted by molar-refractivity contribution is -0.317. The molecule has 0 bridgehead atoms. The van der Waals surface area contributed by atoms with Gasteiger partial charge in [0.05, 0.1) is 39.6 Å². The SMILES string of the molecule is C=CCOC[C@H]1O[C@H](OCC=C)[C@H](OCC=C)[C@@H](OCC=C)[C@@H]1OCC=C. The van der Waals surface area contributed by atoms with Gasteiger partial charge in [0.15, 0.2) is 6.29 Å². The smallest absolute Gasteiger partial charge is 0.187 e. The fourth-order valence-corrected chi connectivity index (χ4v) is 2.68. The summed E-state index contributed by atoms with van der Waals surface area (Å²) in [4.78, 5) is 0. The second-order valence-electron chi connectivity index (χ2n) is 5.75. The van der Waals surface area contributed by atoms with Crippen molar-refractivity contribution in [1.82, 2.24) is 0 Å². The van der Waals surface area contributed by atoms with Crippen LogP contribution in [0.25, 0.3) is 0 Å². The molecule has 0 aromatic rings. The quantitative estimate of drug-likeness (QED) is 0.303. The van der Waals surface area contributed by atoms with Crippen LogP contribution in [0.4, 0.5) is 0 Å². The van der Waals surface area contributed by atoms with Gasteiger partial charge in [-0.25, -0.2) is 0 Å². The minimum atomic E-state index is -0.668. The summed E-state index contributed by atoms with van der Waals surface area (Å²) in [7, 11) is 0. The zero-order valence-corrected chi connectivity index (χ0v) is 16.0. The van der Waals surface area contributed by atoms with E-state index >= 15 is 0 Å². The van der Waals surface area contributed by atoms with Crippen molar-refractivity contribution in [2.75, 3.05) is 39.6 Å². The molecule has 1 aliphatic rings. The van der Waals surface area contributed by atoms with Crippen LogP contribution in [0.15, 0.2) is 63.3 Å². The topological polar surface area (TPSA) is 55.4 Å². The molecule has 0 aromatic carbocycles. The maximum atomic E-state index is 6.11. The van der Waals surface area contributed by atoms with Gasteiger partial charge < -0.3 is 28.4 Å². The molecule has 5 atom stereocenters. The van der Waals surface area contributed by atoms with Crippen molar-refractivity contribution < 1.29 is 28.4 Å². The molecular weight excluding hydrogens is 348 g/mol. The minimum absolute atomic E-state index is 0.296. The molecule has 0 aliphatic carbocycles. The monoisotopic (exact) mass is 380 g/mol. The molecule has 0 saturated carbocycles. The maximum absolute atomic E-state index is 6.11. The Balaban J connectivity index is 3.07. The largest absolute Gasteiger partial charge is 0.375 e. The van der Waals surface area contributed by atoms with Crippen molar-refractivity contribution in [1.29, 1.82) is 0 Å². The lowest BCUT2D eigenvalue weighted by Gasteiger charge is -2.45. The van der Waals surface area contributed by atoms with Gasteiger partial charge in [0.25, 0.3) is 0 Å². The van der Waals surface area contributed by atoms with E-state index in [1.54, 1.807) is 30.4 Å². The highest BCUT2D eigenvalue weighted by molar-refractivity contribution is 4.95. The van der Waals surface area contributed by atoms with Crippen molar-refractivity contribution >= 4 is 0 Å². The van der Waals surface area contributed by atoms with Crippen molar-refractivity contribution in [3.05, 3.63) is 63.3 Å². The van der Waals surface area contributed by atoms with Crippen LogP contribution in [0, 0.1) is 0 Å². The van der Waals surface area contributed by atoms with Gasteiger partial charge in [-0.05, 0) is 0 Å². The first kappa shape index (κ1) is 23.5. The van der Waals surface area contributed by atoms with Gasteiger partial charge in [0.2, 0.25) is 0 Å². The van der Waals surface area contributed by atoms with Crippen LogP contribution in [0.5, 0.6) is 0 Å². The molecule has 1 aliphatic heterocycles. The molecule has 0 N–H and O–H groups in total. The summed E-state index contributed by atoms with van der Waals surface area (Å²) in [6, 6.07) is 0. The van der Waals surface area contributed by atoms with E-state index in [9.17, 15) is 0 Å². The second-order valence-corrected chi connectivity index (χ2v) is 5.75. The third kappa shape index (κ3) is 7.92. The number of hydrogen-bond donors (Lipinski definition) is 0.